The number of aromatic amines is 1. The summed E-state index contributed by atoms with van der Waals surface area (Å²) < 4.78 is 0. The van der Waals surface area contributed by atoms with Crippen molar-refractivity contribution in [2.24, 2.45) is 0 Å². The fourth-order valence-corrected chi connectivity index (χ4v) is 1.99. The van der Waals surface area contributed by atoms with Gasteiger partial charge in [-0.15, -0.1) is 12.4 Å². The molecule has 0 radical (unpaired) electrons. The Morgan fingerprint density at radius 3 is 3.00 bits per heavy atom. The molecule has 0 spiro atoms. The molecule has 96 valence electrons. The van der Waals surface area contributed by atoms with Crippen molar-refractivity contribution in [3.05, 3.63) is 17.5 Å². The van der Waals surface area contributed by atoms with Gasteiger partial charge in [0.25, 0.3) is 0 Å². The number of nitrogens with zero attached hydrogens (tertiary/aromatic N) is 2. The standard InChI is InChI=1S/C11H18N4O.ClH/c1-8-5-10(14-13-8)6-11(16)15-4-3-12-9(2)7-15;/h5,9,12H,3-4,6-7H2,1-2H3,(H,13,14);1H. The van der Waals surface area contributed by atoms with Gasteiger partial charge in [-0.1, -0.05) is 0 Å². The van der Waals surface area contributed by atoms with Crippen molar-refractivity contribution >= 4 is 18.3 Å². The van der Waals surface area contributed by atoms with Crippen molar-refractivity contribution in [2.75, 3.05) is 19.6 Å². The molecule has 6 heteroatoms. The number of aromatic nitrogens is 2. The highest BCUT2D eigenvalue weighted by atomic mass is 35.5. The Morgan fingerprint density at radius 1 is 1.65 bits per heavy atom. The molecule has 1 amide bonds. The normalized spacial score (nSPS) is 19.9. The lowest BCUT2D eigenvalue weighted by molar-refractivity contribution is -0.131. The minimum atomic E-state index is 0. The summed E-state index contributed by atoms with van der Waals surface area (Å²) in [4.78, 5) is 13.9. The van der Waals surface area contributed by atoms with Crippen LogP contribution in [-0.2, 0) is 11.2 Å². The van der Waals surface area contributed by atoms with E-state index in [9.17, 15) is 4.79 Å². The van der Waals surface area contributed by atoms with E-state index in [1.807, 2.05) is 17.9 Å². The van der Waals surface area contributed by atoms with Crippen molar-refractivity contribution in [1.29, 1.82) is 0 Å². The molecule has 0 saturated carbocycles. The van der Waals surface area contributed by atoms with Crippen molar-refractivity contribution in [3.8, 4) is 0 Å². The molecule has 1 unspecified atom stereocenters. The summed E-state index contributed by atoms with van der Waals surface area (Å²) in [5, 5.41) is 10.3. The molecule has 1 aromatic rings. The number of rotatable bonds is 2. The monoisotopic (exact) mass is 258 g/mol. The zero-order chi connectivity index (χ0) is 11.5. The third-order valence-corrected chi connectivity index (χ3v) is 2.81. The highest BCUT2D eigenvalue weighted by molar-refractivity contribution is 5.85. The molecule has 2 N–H and O–H groups in total. The number of hydrogen-bond acceptors (Lipinski definition) is 3. The van der Waals surface area contributed by atoms with Crippen molar-refractivity contribution in [3.63, 3.8) is 0 Å². The third kappa shape index (κ3) is 3.71. The Balaban J connectivity index is 0.00000144. The summed E-state index contributed by atoms with van der Waals surface area (Å²) in [7, 11) is 0. The number of nitrogens with one attached hydrogen (secondary N) is 2. The first-order chi connectivity index (χ1) is 7.65. The fourth-order valence-electron chi connectivity index (χ4n) is 1.99. The molecular formula is C11H19ClN4O. The Labute approximate surface area is 107 Å². The van der Waals surface area contributed by atoms with Gasteiger partial charge in [0.2, 0.25) is 5.91 Å². The van der Waals surface area contributed by atoms with E-state index in [0.29, 0.717) is 12.5 Å². The number of hydrogen-bond donors (Lipinski definition) is 2. The smallest absolute Gasteiger partial charge is 0.228 e. The van der Waals surface area contributed by atoms with Crippen molar-refractivity contribution in [1.82, 2.24) is 20.4 Å². The van der Waals surface area contributed by atoms with Crippen LogP contribution in [0.15, 0.2) is 6.07 Å². The van der Waals surface area contributed by atoms with Gasteiger partial charge in [-0.3, -0.25) is 9.89 Å². The number of piperazine rings is 1. The van der Waals surface area contributed by atoms with E-state index in [2.05, 4.69) is 22.4 Å². The Hall–Kier alpha value is -1.07. The van der Waals surface area contributed by atoms with E-state index in [1.165, 1.54) is 0 Å². The molecule has 0 bridgehead atoms. The lowest BCUT2D eigenvalue weighted by atomic mass is 10.2. The molecule has 1 aliphatic heterocycles. The zero-order valence-corrected chi connectivity index (χ0v) is 11.0. The van der Waals surface area contributed by atoms with Crippen LogP contribution in [0.2, 0.25) is 0 Å². The second-order valence-corrected chi connectivity index (χ2v) is 4.41. The van der Waals surface area contributed by atoms with Gasteiger partial charge in [0.15, 0.2) is 0 Å². The Kier molecular flexibility index (Phi) is 4.96. The highest BCUT2D eigenvalue weighted by Gasteiger charge is 2.20. The molecule has 5 nitrogen and oxygen atoms in total. The average Bonchev–Trinajstić information content (AvgIpc) is 2.64. The lowest BCUT2D eigenvalue weighted by Gasteiger charge is -2.31. The van der Waals surface area contributed by atoms with Crippen LogP contribution in [0.4, 0.5) is 0 Å². The maximum atomic E-state index is 12.0. The topological polar surface area (TPSA) is 61.0 Å². The van der Waals surface area contributed by atoms with Crippen molar-refractivity contribution in [2.45, 2.75) is 26.3 Å². The molecule has 0 aromatic carbocycles. The number of carbonyl (C=O) groups is 1. The Bertz CT molecular complexity index is 379. The minimum Gasteiger partial charge on any atom is -0.340 e. The van der Waals surface area contributed by atoms with Crippen LogP contribution >= 0.6 is 12.4 Å². The molecule has 1 aliphatic rings. The van der Waals surface area contributed by atoms with Crippen LogP contribution in [0.25, 0.3) is 0 Å². The van der Waals surface area contributed by atoms with Gasteiger partial charge >= 0.3 is 0 Å². The van der Waals surface area contributed by atoms with E-state index in [-0.39, 0.29) is 18.3 Å². The summed E-state index contributed by atoms with van der Waals surface area (Å²) >= 11 is 0. The average molecular weight is 259 g/mol. The molecule has 1 saturated heterocycles. The molecular weight excluding hydrogens is 240 g/mol. The van der Waals surface area contributed by atoms with Crippen LogP contribution in [0, 0.1) is 6.92 Å². The van der Waals surface area contributed by atoms with Crippen molar-refractivity contribution < 1.29 is 4.79 Å². The fraction of sp³-hybridized carbons (Fsp3) is 0.636. The lowest BCUT2D eigenvalue weighted by Crippen LogP contribution is -2.51. The number of amides is 1. The number of aryl methyl sites for hydroxylation is 1. The van der Waals surface area contributed by atoms with Gasteiger partial charge in [-0.25, -0.2) is 0 Å². The molecule has 1 atom stereocenters. The largest absolute Gasteiger partial charge is 0.340 e. The first-order valence-electron chi connectivity index (χ1n) is 5.67. The highest BCUT2D eigenvalue weighted by Crippen LogP contribution is 2.05. The SMILES string of the molecule is Cc1cc(CC(=O)N2CCNC(C)C2)n[nH]1.Cl. The van der Waals surface area contributed by atoms with E-state index >= 15 is 0 Å². The second kappa shape index (κ2) is 6.02. The van der Waals surface area contributed by atoms with Gasteiger partial charge in [-0.05, 0) is 19.9 Å². The van der Waals surface area contributed by atoms with Gasteiger partial charge in [-0.2, -0.15) is 5.10 Å². The predicted molar refractivity (Wildman–Crippen MR) is 68.3 cm³/mol. The maximum absolute atomic E-state index is 12.0. The van der Waals surface area contributed by atoms with Crippen LogP contribution < -0.4 is 5.32 Å². The van der Waals surface area contributed by atoms with Crippen LogP contribution in [0.3, 0.4) is 0 Å². The number of halogens is 1. The molecule has 1 aromatic heterocycles. The summed E-state index contributed by atoms with van der Waals surface area (Å²) in [6.45, 7) is 6.51. The zero-order valence-electron chi connectivity index (χ0n) is 10.2. The first kappa shape index (κ1) is 14.0. The van der Waals surface area contributed by atoms with Crippen LogP contribution in [0.1, 0.15) is 18.3 Å². The number of carbonyl (C=O) groups excluding carboxylic acids is 1. The quantitative estimate of drug-likeness (QED) is 0.812. The minimum absolute atomic E-state index is 0. The van der Waals surface area contributed by atoms with E-state index in [1.54, 1.807) is 0 Å². The van der Waals surface area contributed by atoms with Gasteiger partial charge in [0, 0.05) is 31.4 Å². The molecule has 2 rings (SSSR count). The van der Waals surface area contributed by atoms with E-state index in [4.69, 9.17) is 0 Å². The molecule has 1 fully saturated rings. The summed E-state index contributed by atoms with van der Waals surface area (Å²) in [6.07, 6.45) is 0.400. The first-order valence-corrected chi connectivity index (χ1v) is 5.67. The van der Waals surface area contributed by atoms with Gasteiger partial charge in [0.1, 0.15) is 0 Å². The maximum Gasteiger partial charge on any atom is 0.228 e. The van der Waals surface area contributed by atoms with E-state index in [0.717, 1.165) is 31.0 Å². The van der Waals surface area contributed by atoms with E-state index < -0.39 is 0 Å². The summed E-state index contributed by atoms with van der Waals surface area (Å²) in [6, 6.07) is 2.31. The molecule has 0 aliphatic carbocycles. The van der Waals surface area contributed by atoms with Gasteiger partial charge < -0.3 is 10.2 Å². The third-order valence-electron chi connectivity index (χ3n) is 2.81. The predicted octanol–water partition coefficient (Wildman–Crippen LogP) is 0.503. The second-order valence-electron chi connectivity index (χ2n) is 4.41. The number of H-pyrrole nitrogens is 1. The molecule has 2 heterocycles. The summed E-state index contributed by atoms with van der Waals surface area (Å²) in [5.41, 5.74) is 1.82. The Morgan fingerprint density at radius 2 is 2.41 bits per heavy atom. The van der Waals surface area contributed by atoms with Crippen LogP contribution in [0.5, 0.6) is 0 Å². The van der Waals surface area contributed by atoms with Gasteiger partial charge in [0.05, 0.1) is 12.1 Å². The molecule has 17 heavy (non-hydrogen) atoms. The van der Waals surface area contributed by atoms with Crippen LogP contribution in [-0.4, -0.2) is 46.7 Å². The summed E-state index contributed by atoms with van der Waals surface area (Å²) in [5.74, 6) is 0.167.